The highest BCUT2D eigenvalue weighted by atomic mass is 16.5. The molecule has 0 heterocycles. The summed E-state index contributed by atoms with van der Waals surface area (Å²) in [5, 5.41) is 3.47. The van der Waals surface area contributed by atoms with Crippen molar-refractivity contribution in [2.75, 3.05) is 13.7 Å². The van der Waals surface area contributed by atoms with Crippen molar-refractivity contribution < 1.29 is 4.74 Å². The first-order valence-corrected chi connectivity index (χ1v) is 8.14. The van der Waals surface area contributed by atoms with Crippen LogP contribution in [0.3, 0.4) is 0 Å². The van der Waals surface area contributed by atoms with E-state index in [0.717, 1.165) is 24.5 Å². The maximum absolute atomic E-state index is 6.21. The number of rotatable bonds is 6. The van der Waals surface area contributed by atoms with Crippen molar-refractivity contribution in [3.05, 3.63) is 0 Å². The molecule has 0 bridgehead atoms. The molecule has 0 aromatic rings. The minimum Gasteiger partial charge on any atom is -0.378 e. The molecule has 2 saturated carbocycles. The highest BCUT2D eigenvalue weighted by Crippen LogP contribution is 2.31. The Morgan fingerprint density at radius 3 is 2.56 bits per heavy atom. The number of nitrogens with one attached hydrogen (secondary N) is 1. The summed E-state index contributed by atoms with van der Waals surface area (Å²) >= 11 is 0. The number of hydrogen-bond donors (Lipinski definition) is 1. The van der Waals surface area contributed by atoms with E-state index in [9.17, 15) is 0 Å². The normalized spacial score (nSPS) is 37.0. The molecule has 2 rings (SSSR count). The van der Waals surface area contributed by atoms with Crippen molar-refractivity contribution in [3.8, 4) is 0 Å². The van der Waals surface area contributed by atoms with Crippen LogP contribution in [0.2, 0.25) is 0 Å². The van der Waals surface area contributed by atoms with Crippen LogP contribution < -0.4 is 5.32 Å². The molecular formula is C16H31NO. The molecule has 18 heavy (non-hydrogen) atoms. The Morgan fingerprint density at radius 2 is 1.78 bits per heavy atom. The van der Waals surface area contributed by atoms with Gasteiger partial charge in [0.15, 0.2) is 0 Å². The number of ether oxygens (including phenoxy) is 1. The van der Waals surface area contributed by atoms with E-state index >= 15 is 0 Å². The summed E-state index contributed by atoms with van der Waals surface area (Å²) in [4.78, 5) is 0. The van der Waals surface area contributed by atoms with E-state index in [1.54, 1.807) is 0 Å². The second-order valence-corrected chi connectivity index (χ2v) is 6.24. The van der Waals surface area contributed by atoms with Gasteiger partial charge in [-0.1, -0.05) is 32.6 Å². The first-order chi connectivity index (χ1) is 8.85. The highest BCUT2D eigenvalue weighted by Gasteiger charge is 2.27. The zero-order valence-electron chi connectivity index (χ0n) is 12.3. The molecule has 2 nitrogen and oxygen atoms in total. The van der Waals surface area contributed by atoms with Gasteiger partial charge in [0.1, 0.15) is 0 Å². The monoisotopic (exact) mass is 253 g/mol. The lowest BCUT2D eigenvalue weighted by molar-refractivity contribution is -0.0178. The van der Waals surface area contributed by atoms with Crippen LogP contribution in [-0.2, 0) is 4.74 Å². The van der Waals surface area contributed by atoms with Gasteiger partial charge in [0.05, 0.1) is 6.10 Å². The molecule has 4 atom stereocenters. The summed E-state index contributed by atoms with van der Waals surface area (Å²) in [5.41, 5.74) is 0. The summed E-state index contributed by atoms with van der Waals surface area (Å²) < 4.78 is 6.21. The van der Waals surface area contributed by atoms with E-state index in [2.05, 4.69) is 19.3 Å². The zero-order valence-corrected chi connectivity index (χ0v) is 12.3. The topological polar surface area (TPSA) is 21.3 Å². The molecular weight excluding hydrogens is 222 g/mol. The van der Waals surface area contributed by atoms with Gasteiger partial charge < -0.3 is 10.1 Å². The van der Waals surface area contributed by atoms with Gasteiger partial charge >= 0.3 is 0 Å². The van der Waals surface area contributed by atoms with Crippen LogP contribution in [0.25, 0.3) is 0 Å². The third-order valence-electron chi connectivity index (χ3n) is 5.21. The molecule has 2 fully saturated rings. The zero-order chi connectivity index (χ0) is 12.8. The van der Waals surface area contributed by atoms with Gasteiger partial charge in [0, 0.05) is 12.6 Å². The molecule has 0 saturated heterocycles. The maximum Gasteiger partial charge on any atom is 0.0603 e. The SMILES string of the molecule is CCC1CCCCC1OCCC1CCCC1NC. The molecule has 1 N–H and O–H groups in total. The van der Waals surface area contributed by atoms with Crippen LogP contribution in [-0.4, -0.2) is 25.8 Å². The van der Waals surface area contributed by atoms with Gasteiger partial charge in [-0.3, -0.25) is 0 Å². The summed E-state index contributed by atoms with van der Waals surface area (Å²) in [6, 6.07) is 0.752. The summed E-state index contributed by atoms with van der Waals surface area (Å²) in [7, 11) is 2.11. The average molecular weight is 253 g/mol. The molecule has 106 valence electrons. The summed E-state index contributed by atoms with van der Waals surface area (Å²) in [5.74, 6) is 1.70. The molecule has 2 aliphatic carbocycles. The first-order valence-electron chi connectivity index (χ1n) is 8.14. The Labute approximate surface area is 113 Å². The second kappa shape index (κ2) is 7.49. The van der Waals surface area contributed by atoms with E-state index in [0.29, 0.717) is 6.10 Å². The Hall–Kier alpha value is -0.0800. The van der Waals surface area contributed by atoms with Crippen LogP contribution >= 0.6 is 0 Å². The Morgan fingerprint density at radius 1 is 1.00 bits per heavy atom. The van der Waals surface area contributed by atoms with Crippen LogP contribution in [0.5, 0.6) is 0 Å². The second-order valence-electron chi connectivity index (χ2n) is 6.24. The van der Waals surface area contributed by atoms with E-state index in [4.69, 9.17) is 4.74 Å². The predicted molar refractivity (Wildman–Crippen MR) is 76.8 cm³/mol. The molecule has 2 aliphatic rings. The molecule has 0 aromatic heterocycles. The van der Waals surface area contributed by atoms with E-state index in [1.807, 2.05) is 0 Å². The quantitative estimate of drug-likeness (QED) is 0.778. The maximum atomic E-state index is 6.21. The largest absolute Gasteiger partial charge is 0.378 e. The number of hydrogen-bond acceptors (Lipinski definition) is 2. The molecule has 0 aromatic carbocycles. The van der Waals surface area contributed by atoms with Gasteiger partial charge in [-0.15, -0.1) is 0 Å². The molecule has 0 aliphatic heterocycles. The lowest BCUT2D eigenvalue weighted by Gasteiger charge is -2.31. The lowest BCUT2D eigenvalue weighted by atomic mass is 9.85. The van der Waals surface area contributed by atoms with Crippen LogP contribution in [0.1, 0.15) is 64.7 Å². The van der Waals surface area contributed by atoms with Gasteiger partial charge in [-0.25, -0.2) is 0 Å². The molecule has 0 amide bonds. The summed E-state index contributed by atoms with van der Waals surface area (Å²) in [6.45, 7) is 3.31. The lowest BCUT2D eigenvalue weighted by Crippen LogP contribution is -2.31. The van der Waals surface area contributed by atoms with E-state index in [1.165, 1.54) is 57.8 Å². The highest BCUT2D eigenvalue weighted by molar-refractivity contribution is 4.82. The standard InChI is InChI=1S/C16H31NO/c1-3-13-7-4-5-10-16(13)18-12-11-14-8-6-9-15(14)17-2/h13-17H,3-12H2,1-2H3. The first kappa shape index (κ1) is 14.3. The summed E-state index contributed by atoms with van der Waals surface area (Å²) in [6.07, 6.45) is 12.8. The van der Waals surface area contributed by atoms with Gasteiger partial charge in [-0.2, -0.15) is 0 Å². The third kappa shape index (κ3) is 3.71. The smallest absolute Gasteiger partial charge is 0.0603 e. The van der Waals surface area contributed by atoms with Crippen LogP contribution in [0.15, 0.2) is 0 Å². The third-order valence-corrected chi connectivity index (χ3v) is 5.21. The Bertz CT molecular complexity index is 231. The van der Waals surface area contributed by atoms with Crippen molar-refractivity contribution in [1.29, 1.82) is 0 Å². The van der Waals surface area contributed by atoms with Gasteiger partial charge in [0.2, 0.25) is 0 Å². The van der Waals surface area contributed by atoms with Crippen molar-refractivity contribution in [3.63, 3.8) is 0 Å². The van der Waals surface area contributed by atoms with Crippen LogP contribution in [0.4, 0.5) is 0 Å². The molecule has 0 radical (unpaired) electrons. The van der Waals surface area contributed by atoms with E-state index in [-0.39, 0.29) is 0 Å². The predicted octanol–water partition coefficient (Wildman–Crippen LogP) is 3.75. The fraction of sp³-hybridized carbons (Fsp3) is 1.00. The molecule has 0 spiro atoms. The van der Waals surface area contributed by atoms with Crippen LogP contribution in [0, 0.1) is 11.8 Å². The fourth-order valence-electron chi connectivity index (χ4n) is 3.99. The Kier molecular flexibility index (Phi) is 5.97. The Balaban J connectivity index is 1.67. The van der Waals surface area contributed by atoms with Crippen molar-refractivity contribution in [1.82, 2.24) is 5.32 Å². The van der Waals surface area contributed by atoms with E-state index < -0.39 is 0 Å². The molecule has 2 heteroatoms. The fourth-order valence-corrected chi connectivity index (χ4v) is 3.99. The minimum absolute atomic E-state index is 0.568. The minimum atomic E-state index is 0.568. The van der Waals surface area contributed by atoms with Crippen molar-refractivity contribution in [2.24, 2.45) is 11.8 Å². The van der Waals surface area contributed by atoms with Crippen molar-refractivity contribution >= 4 is 0 Å². The van der Waals surface area contributed by atoms with Gasteiger partial charge in [-0.05, 0) is 51.0 Å². The molecule has 4 unspecified atom stereocenters. The average Bonchev–Trinajstić information content (AvgIpc) is 2.87. The van der Waals surface area contributed by atoms with Crippen molar-refractivity contribution in [2.45, 2.75) is 76.9 Å². The van der Waals surface area contributed by atoms with Gasteiger partial charge in [0.25, 0.3) is 0 Å².